The van der Waals surface area contributed by atoms with Gasteiger partial charge in [0.25, 0.3) is 5.91 Å². The summed E-state index contributed by atoms with van der Waals surface area (Å²) >= 11 is 0. The molecule has 1 heterocycles. The number of nitrogens with zero attached hydrogens (tertiary/aromatic N) is 2. The highest BCUT2D eigenvalue weighted by Crippen LogP contribution is 2.15. The van der Waals surface area contributed by atoms with Gasteiger partial charge in [-0.2, -0.15) is 5.10 Å². The number of rotatable bonds is 5. The molecule has 0 saturated heterocycles. The number of aromatic nitrogens is 2. The Balaban J connectivity index is 1.63. The van der Waals surface area contributed by atoms with Crippen molar-refractivity contribution in [3.05, 3.63) is 72.6 Å². The van der Waals surface area contributed by atoms with E-state index in [4.69, 9.17) is 0 Å². The average molecular weight is 348 g/mol. The molecule has 2 amide bonds. The minimum atomic E-state index is -0.210. The molecule has 0 bridgehead atoms. The van der Waals surface area contributed by atoms with Crippen molar-refractivity contribution in [2.24, 2.45) is 5.92 Å². The van der Waals surface area contributed by atoms with Crippen molar-refractivity contribution >= 4 is 23.2 Å². The Bertz CT molecular complexity index is 883. The fourth-order valence-corrected chi connectivity index (χ4v) is 2.31. The lowest BCUT2D eigenvalue weighted by atomic mass is 10.1. The lowest BCUT2D eigenvalue weighted by molar-refractivity contribution is -0.118. The van der Waals surface area contributed by atoms with E-state index in [1.807, 2.05) is 50.4 Å². The minimum Gasteiger partial charge on any atom is -0.326 e. The first-order valence-corrected chi connectivity index (χ1v) is 8.35. The Kier molecular flexibility index (Phi) is 5.12. The molecule has 0 fully saturated rings. The molecule has 2 N–H and O–H groups in total. The van der Waals surface area contributed by atoms with Crippen LogP contribution in [0.15, 0.2) is 67.0 Å². The molecule has 1 aromatic heterocycles. The fraction of sp³-hybridized carbons (Fsp3) is 0.150. The number of anilines is 2. The third-order valence-corrected chi connectivity index (χ3v) is 3.83. The van der Waals surface area contributed by atoms with Gasteiger partial charge < -0.3 is 10.6 Å². The Morgan fingerprint density at radius 2 is 1.54 bits per heavy atom. The maximum Gasteiger partial charge on any atom is 0.255 e. The van der Waals surface area contributed by atoms with Crippen molar-refractivity contribution in [2.45, 2.75) is 13.8 Å². The van der Waals surface area contributed by atoms with E-state index in [1.165, 1.54) is 0 Å². The molecule has 0 atom stereocenters. The van der Waals surface area contributed by atoms with Gasteiger partial charge in [0.2, 0.25) is 5.91 Å². The predicted octanol–water partition coefficient (Wildman–Crippen LogP) is 3.72. The Morgan fingerprint density at radius 1 is 0.923 bits per heavy atom. The predicted molar refractivity (Wildman–Crippen MR) is 101 cm³/mol. The van der Waals surface area contributed by atoms with E-state index >= 15 is 0 Å². The monoisotopic (exact) mass is 348 g/mol. The summed E-state index contributed by atoms with van der Waals surface area (Å²) in [7, 11) is 0. The van der Waals surface area contributed by atoms with Crippen LogP contribution >= 0.6 is 0 Å². The molecule has 0 radical (unpaired) electrons. The second kappa shape index (κ2) is 7.65. The smallest absolute Gasteiger partial charge is 0.255 e. The summed E-state index contributed by atoms with van der Waals surface area (Å²) in [5.41, 5.74) is 2.80. The fourth-order valence-electron chi connectivity index (χ4n) is 2.31. The third-order valence-electron chi connectivity index (χ3n) is 3.83. The van der Waals surface area contributed by atoms with Crippen molar-refractivity contribution < 1.29 is 9.59 Å². The molecule has 3 aromatic rings. The SMILES string of the molecule is CC(C)C(=O)Nc1ccc(C(=O)Nc2ccc(-n3cccn3)cc2)cc1. The summed E-state index contributed by atoms with van der Waals surface area (Å²) in [5.74, 6) is -0.360. The highest BCUT2D eigenvalue weighted by molar-refractivity contribution is 6.04. The van der Waals surface area contributed by atoms with Crippen molar-refractivity contribution in [1.29, 1.82) is 0 Å². The van der Waals surface area contributed by atoms with Crippen LogP contribution < -0.4 is 10.6 Å². The molecular weight excluding hydrogens is 328 g/mol. The van der Waals surface area contributed by atoms with Gasteiger partial charge in [0.05, 0.1) is 5.69 Å². The van der Waals surface area contributed by atoms with Crippen LogP contribution in [0.5, 0.6) is 0 Å². The number of nitrogens with one attached hydrogen (secondary N) is 2. The molecule has 0 aliphatic rings. The Hall–Kier alpha value is -3.41. The molecule has 0 aliphatic carbocycles. The second-order valence-corrected chi connectivity index (χ2v) is 6.17. The maximum absolute atomic E-state index is 12.4. The standard InChI is InChI=1S/C20H20N4O2/c1-14(2)19(25)22-16-6-4-15(5-7-16)20(26)23-17-8-10-18(11-9-17)24-13-3-12-21-24/h3-14H,1-2H3,(H,22,25)(H,23,26). The first-order chi connectivity index (χ1) is 12.5. The highest BCUT2D eigenvalue weighted by Gasteiger charge is 2.09. The van der Waals surface area contributed by atoms with E-state index in [0.29, 0.717) is 16.9 Å². The van der Waals surface area contributed by atoms with Crippen molar-refractivity contribution in [1.82, 2.24) is 9.78 Å². The van der Waals surface area contributed by atoms with Crippen LogP contribution in [0.4, 0.5) is 11.4 Å². The first-order valence-electron chi connectivity index (χ1n) is 8.35. The minimum absolute atomic E-state index is 0.0560. The number of benzene rings is 2. The number of carbonyl (C=O) groups is 2. The van der Waals surface area contributed by atoms with Crippen LogP contribution in [-0.2, 0) is 4.79 Å². The zero-order valence-electron chi connectivity index (χ0n) is 14.6. The number of hydrogen-bond donors (Lipinski definition) is 2. The summed E-state index contributed by atoms with van der Waals surface area (Å²) in [4.78, 5) is 24.0. The molecule has 2 aromatic carbocycles. The molecule has 0 unspecified atom stereocenters. The van der Waals surface area contributed by atoms with Crippen LogP contribution in [0.1, 0.15) is 24.2 Å². The van der Waals surface area contributed by atoms with Crippen LogP contribution in [0.25, 0.3) is 5.69 Å². The van der Waals surface area contributed by atoms with Crippen molar-refractivity contribution in [2.75, 3.05) is 10.6 Å². The van der Waals surface area contributed by atoms with E-state index in [2.05, 4.69) is 15.7 Å². The van der Waals surface area contributed by atoms with Crippen molar-refractivity contribution in [3.63, 3.8) is 0 Å². The molecule has 132 valence electrons. The van der Waals surface area contributed by atoms with Gasteiger partial charge in [0, 0.05) is 35.2 Å². The number of hydrogen-bond acceptors (Lipinski definition) is 3. The van der Waals surface area contributed by atoms with E-state index in [-0.39, 0.29) is 17.7 Å². The quantitative estimate of drug-likeness (QED) is 0.738. The van der Waals surface area contributed by atoms with Gasteiger partial charge in [0.1, 0.15) is 0 Å². The van der Waals surface area contributed by atoms with Gasteiger partial charge in [-0.15, -0.1) is 0 Å². The van der Waals surface area contributed by atoms with Crippen LogP contribution in [0.2, 0.25) is 0 Å². The highest BCUT2D eigenvalue weighted by atomic mass is 16.2. The maximum atomic E-state index is 12.4. The summed E-state index contributed by atoms with van der Waals surface area (Å²) in [5, 5.41) is 9.81. The van der Waals surface area contributed by atoms with E-state index in [9.17, 15) is 9.59 Å². The van der Waals surface area contributed by atoms with Gasteiger partial charge in [-0.1, -0.05) is 13.8 Å². The molecule has 3 rings (SSSR count). The van der Waals surface area contributed by atoms with Gasteiger partial charge >= 0.3 is 0 Å². The van der Waals surface area contributed by atoms with Gasteiger partial charge in [-0.25, -0.2) is 4.68 Å². The van der Waals surface area contributed by atoms with Crippen LogP contribution in [0.3, 0.4) is 0 Å². The van der Waals surface area contributed by atoms with Gasteiger partial charge in [-0.05, 0) is 54.6 Å². The van der Waals surface area contributed by atoms with Crippen LogP contribution in [-0.4, -0.2) is 21.6 Å². The van der Waals surface area contributed by atoms with Gasteiger partial charge in [0.15, 0.2) is 0 Å². The van der Waals surface area contributed by atoms with Crippen molar-refractivity contribution in [3.8, 4) is 5.69 Å². The zero-order valence-corrected chi connectivity index (χ0v) is 14.6. The Morgan fingerprint density at radius 3 is 2.12 bits per heavy atom. The van der Waals surface area contributed by atoms with Crippen LogP contribution in [0, 0.1) is 5.92 Å². The third kappa shape index (κ3) is 4.16. The average Bonchev–Trinajstić information content (AvgIpc) is 3.17. The summed E-state index contributed by atoms with van der Waals surface area (Å²) in [6.45, 7) is 3.66. The Labute approximate surface area is 151 Å². The molecule has 0 aliphatic heterocycles. The molecule has 0 spiro atoms. The molecule has 0 saturated carbocycles. The molecule has 6 heteroatoms. The first kappa shape index (κ1) is 17.4. The number of amides is 2. The van der Waals surface area contributed by atoms with E-state index < -0.39 is 0 Å². The normalized spacial score (nSPS) is 10.6. The zero-order chi connectivity index (χ0) is 18.5. The summed E-state index contributed by atoms with van der Waals surface area (Å²) < 4.78 is 1.75. The molecule has 6 nitrogen and oxygen atoms in total. The van der Waals surface area contributed by atoms with Gasteiger partial charge in [-0.3, -0.25) is 9.59 Å². The lowest BCUT2D eigenvalue weighted by Crippen LogP contribution is -2.18. The summed E-state index contributed by atoms with van der Waals surface area (Å²) in [6, 6.07) is 16.1. The molecular formula is C20H20N4O2. The van der Waals surface area contributed by atoms with E-state index in [0.717, 1.165) is 5.69 Å². The topological polar surface area (TPSA) is 76.0 Å². The largest absolute Gasteiger partial charge is 0.326 e. The second-order valence-electron chi connectivity index (χ2n) is 6.17. The lowest BCUT2D eigenvalue weighted by Gasteiger charge is -2.09. The molecule has 26 heavy (non-hydrogen) atoms. The number of carbonyl (C=O) groups excluding carboxylic acids is 2. The summed E-state index contributed by atoms with van der Waals surface area (Å²) in [6.07, 6.45) is 3.57. The van der Waals surface area contributed by atoms with E-state index in [1.54, 1.807) is 35.1 Å².